The number of rotatable bonds is 7. The van der Waals surface area contributed by atoms with E-state index in [1.54, 1.807) is 18.3 Å². The Hall–Kier alpha value is -4.03. The number of nitrogens with one attached hydrogen (secondary N) is 1. The molecule has 6 nitrogen and oxygen atoms in total. The first-order valence-corrected chi connectivity index (χ1v) is 11.3. The maximum atomic E-state index is 13.2. The van der Waals surface area contributed by atoms with Gasteiger partial charge in [-0.2, -0.15) is 5.10 Å². The summed E-state index contributed by atoms with van der Waals surface area (Å²) in [4.78, 5) is 17.5. The maximum absolute atomic E-state index is 13.2. The SMILES string of the molecule is COc1ccc([C@@H]2CC(c3ccc4ccccc4c3)=NN2C(=O)CNCc2ccccn2)cc1. The second-order valence-electron chi connectivity index (χ2n) is 8.26. The van der Waals surface area contributed by atoms with Crippen LogP contribution in [0.15, 0.2) is 96.2 Å². The van der Waals surface area contributed by atoms with E-state index >= 15 is 0 Å². The van der Waals surface area contributed by atoms with Gasteiger partial charge in [-0.25, -0.2) is 5.01 Å². The highest BCUT2D eigenvalue weighted by Gasteiger charge is 2.33. The van der Waals surface area contributed by atoms with Gasteiger partial charge in [-0.15, -0.1) is 0 Å². The molecule has 4 aromatic rings. The lowest BCUT2D eigenvalue weighted by atomic mass is 9.97. The summed E-state index contributed by atoms with van der Waals surface area (Å²) in [6.45, 7) is 0.701. The molecule has 0 radical (unpaired) electrons. The van der Waals surface area contributed by atoms with Crippen molar-refractivity contribution in [3.05, 3.63) is 108 Å². The third kappa shape index (κ3) is 4.67. The summed E-state index contributed by atoms with van der Waals surface area (Å²) < 4.78 is 5.31. The van der Waals surface area contributed by atoms with E-state index in [0.29, 0.717) is 13.0 Å². The molecule has 1 amide bonds. The number of hydrogen-bond acceptors (Lipinski definition) is 5. The standard InChI is InChI=1S/C28H26N4O2/c1-34-25-13-11-21(12-14-25)27-17-26(23-10-9-20-6-2-3-7-22(20)16-23)31-32(27)28(33)19-29-18-24-8-4-5-15-30-24/h2-16,27,29H,17-19H2,1H3/t27-/m0/s1. The summed E-state index contributed by atoms with van der Waals surface area (Å²) in [6, 6.07) is 28.0. The molecule has 1 aliphatic rings. The molecule has 0 spiro atoms. The van der Waals surface area contributed by atoms with Crippen LogP contribution in [0.3, 0.4) is 0 Å². The normalized spacial score (nSPS) is 15.4. The summed E-state index contributed by atoms with van der Waals surface area (Å²) in [6.07, 6.45) is 2.40. The molecule has 0 fully saturated rings. The van der Waals surface area contributed by atoms with Gasteiger partial charge in [0.2, 0.25) is 0 Å². The van der Waals surface area contributed by atoms with Crippen molar-refractivity contribution in [3.63, 3.8) is 0 Å². The van der Waals surface area contributed by atoms with Gasteiger partial charge >= 0.3 is 0 Å². The number of amides is 1. The molecule has 0 saturated carbocycles. The van der Waals surface area contributed by atoms with Gasteiger partial charge in [0.05, 0.1) is 31.1 Å². The fourth-order valence-corrected chi connectivity index (χ4v) is 4.25. The van der Waals surface area contributed by atoms with Crippen molar-refractivity contribution in [2.24, 2.45) is 5.10 Å². The first-order valence-electron chi connectivity index (χ1n) is 11.3. The zero-order valence-electron chi connectivity index (χ0n) is 19.0. The molecule has 2 heterocycles. The molecule has 170 valence electrons. The smallest absolute Gasteiger partial charge is 0.257 e. The van der Waals surface area contributed by atoms with Crippen LogP contribution in [-0.2, 0) is 11.3 Å². The molecule has 34 heavy (non-hydrogen) atoms. The van der Waals surface area contributed by atoms with Gasteiger partial charge in [-0.3, -0.25) is 9.78 Å². The third-order valence-electron chi connectivity index (χ3n) is 6.06. The fraction of sp³-hybridized carbons (Fsp3) is 0.179. The number of ether oxygens (including phenoxy) is 1. The van der Waals surface area contributed by atoms with Crippen LogP contribution >= 0.6 is 0 Å². The number of fused-ring (bicyclic) bond motifs is 1. The predicted octanol–water partition coefficient (Wildman–Crippen LogP) is 4.71. The monoisotopic (exact) mass is 450 g/mol. The van der Waals surface area contributed by atoms with E-state index in [0.717, 1.165) is 33.7 Å². The maximum Gasteiger partial charge on any atom is 0.257 e. The Kier molecular flexibility index (Phi) is 6.31. The Balaban J connectivity index is 1.39. The molecular formula is C28H26N4O2. The summed E-state index contributed by atoms with van der Waals surface area (Å²) in [5.41, 5.74) is 3.86. The van der Waals surface area contributed by atoms with Gasteiger partial charge in [0.1, 0.15) is 5.75 Å². The lowest BCUT2D eigenvalue weighted by Crippen LogP contribution is -2.35. The minimum absolute atomic E-state index is 0.0764. The largest absolute Gasteiger partial charge is 0.497 e. The fourth-order valence-electron chi connectivity index (χ4n) is 4.25. The molecular weight excluding hydrogens is 424 g/mol. The minimum Gasteiger partial charge on any atom is -0.497 e. The van der Waals surface area contributed by atoms with E-state index in [-0.39, 0.29) is 18.5 Å². The van der Waals surface area contributed by atoms with Crippen LogP contribution < -0.4 is 10.1 Å². The van der Waals surface area contributed by atoms with E-state index in [1.807, 2.05) is 54.6 Å². The van der Waals surface area contributed by atoms with Crippen molar-refractivity contribution >= 4 is 22.4 Å². The Morgan fingerprint density at radius 2 is 1.79 bits per heavy atom. The number of carbonyl (C=O) groups excluding carboxylic acids is 1. The number of carbonyl (C=O) groups is 1. The molecule has 3 aromatic carbocycles. The Bertz CT molecular complexity index is 1320. The van der Waals surface area contributed by atoms with E-state index in [2.05, 4.69) is 40.6 Å². The Morgan fingerprint density at radius 1 is 1.00 bits per heavy atom. The van der Waals surface area contributed by atoms with E-state index in [1.165, 1.54) is 5.39 Å². The van der Waals surface area contributed by atoms with Gasteiger partial charge < -0.3 is 10.1 Å². The van der Waals surface area contributed by atoms with Crippen LogP contribution in [0.4, 0.5) is 0 Å². The zero-order chi connectivity index (χ0) is 23.3. The number of aromatic nitrogens is 1. The number of pyridine rings is 1. The molecule has 1 N–H and O–H groups in total. The van der Waals surface area contributed by atoms with Gasteiger partial charge in [-0.05, 0) is 52.2 Å². The summed E-state index contributed by atoms with van der Waals surface area (Å²) >= 11 is 0. The van der Waals surface area contributed by atoms with Crippen molar-refractivity contribution in [1.82, 2.24) is 15.3 Å². The van der Waals surface area contributed by atoms with E-state index < -0.39 is 0 Å². The predicted molar refractivity (Wildman–Crippen MR) is 134 cm³/mol. The molecule has 0 bridgehead atoms. The van der Waals surface area contributed by atoms with Crippen molar-refractivity contribution in [3.8, 4) is 5.75 Å². The first-order chi connectivity index (χ1) is 16.7. The average molecular weight is 451 g/mol. The number of nitrogens with zero attached hydrogens (tertiary/aromatic N) is 3. The number of methoxy groups -OCH3 is 1. The minimum atomic E-state index is -0.170. The molecule has 1 aliphatic heterocycles. The number of hydrogen-bond donors (Lipinski definition) is 1. The van der Waals surface area contributed by atoms with Gasteiger partial charge in [0.25, 0.3) is 5.91 Å². The topological polar surface area (TPSA) is 66.8 Å². The second kappa shape index (κ2) is 9.85. The van der Waals surface area contributed by atoms with Crippen LogP contribution in [0.2, 0.25) is 0 Å². The van der Waals surface area contributed by atoms with Crippen LogP contribution in [0.25, 0.3) is 10.8 Å². The highest BCUT2D eigenvalue weighted by atomic mass is 16.5. The Morgan fingerprint density at radius 3 is 2.56 bits per heavy atom. The van der Waals surface area contributed by atoms with Gasteiger partial charge in [0, 0.05) is 19.2 Å². The van der Waals surface area contributed by atoms with Crippen molar-refractivity contribution in [2.75, 3.05) is 13.7 Å². The zero-order valence-corrected chi connectivity index (χ0v) is 19.0. The highest BCUT2D eigenvalue weighted by molar-refractivity contribution is 6.05. The van der Waals surface area contributed by atoms with Crippen molar-refractivity contribution < 1.29 is 9.53 Å². The third-order valence-corrected chi connectivity index (χ3v) is 6.06. The molecule has 1 atom stereocenters. The molecule has 0 aliphatic carbocycles. The first kappa shape index (κ1) is 21.8. The highest BCUT2D eigenvalue weighted by Crippen LogP contribution is 2.34. The van der Waals surface area contributed by atoms with E-state index in [4.69, 9.17) is 9.84 Å². The second-order valence-corrected chi connectivity index (χ2v) is 8.26. The Labute approximate surface area is 198 Å². The number of hydrazone groups is 1. The molecule has 5 rings (SSSR count). The van der Waals surface area contributed by atoms with Crippen molar-refractivity contribution in [1.29, 1.82) is 0 Å². The quantitative estimate of drug-likeness (QED) is 0.443. The van der Waals surface area contributed by atoms with E-state index in [9.17, 15) is 4.79 Å². The molecule has 6 heteroatoms. The van der Waals surface area contributed by atoms with Gasteiger partial charge in [-0.1, -0.05) is 54.6 Å². The van der Waals surface area contributed by atoms with Crippen LogP contribution in [0.1, 0.15) is 29.3 Å². The number of benzene rings is 3. The van der Waals surface area contributed by atoms with Crippen LogP contribution in [0, 0.1) is 0 Å². The lowest BCUT2D eigenvalue weighted by Gasteiger charge is -2.22. The average Bonchev–Trinajstić information content (AvgIpc) is 3.35. The molecule has 0 saturated heterocycles. The van der Waals surface area contributed by atoms with Crippen molar-refractivity contribution in [2.45, 2.75) is 19.0 Å². The molecule has 0 unspecified atom stereocenters. The summed E-state index contributed by atoms with van der Waals surface area (Å²) in [5, 5.41) is 12.0. The summed E-state index contributed by atoms with van der Waals surface area (Å²) in [7, 11) is 1.65. The van der Waals surface area contributed by atoms with Gasteiger partial charge in [0.15, 0.2) is 0 Å². The molecule has 1 aromatic heterocycles. The lowest BCUT2D eigenvalue weighted by molar-refractivity contribution is -0.132. The van der Waals surface area contributed by atoms with Crippen LogP contribution in [-0.4, -0.2) is 35.3 Å². The van der Waals surface area contributed by atoms with Crippen LogP contribution in [0.5, 0.6) is 5.75 Å². The summed E-state index contributed by atoms with van der Waals surface area (Å²) in [5.74, 6) is 0.708.